The van der Waals surface area contributed by atoms with Gasteiger partial charge < -0.3 is 0 Å². The van der Waals surface area contributed by atoms with E-state index in [9.17, 15) is 13.7 Å². The summed E-state index contributed by atoms with van der Waals surface area (Å²) in [6, 6.07) is 18.1. The summed E-state index contributed by atoms with van der Waals surface area (Å²) in [4.78, 5) is 6.69. The Morgan fingerprint density at radius 1 is 1.03 bits per heavy atom. The van der Waals surface area contributed by atoms with E-state index < -0.39 is 10.0 Å². The third-order valence-corrected chi connectivity index (χ3v) is 7.38. The molecule has 0 radical (unpaired) electrons. The largest absolute Gasteiger partial charge is 0.296 e. The van der Waals surface area contributed by atoms with Crippen molar-refractivity contribution in [3.63, 3.8) is 0 Å². The van der Waals surface area contributed by atoms with E-state index in [-0.39, 0.29) is 10.5 Å². The second-order valence-corrected chi connectivity index (χ2v) is 9.18. The number of benzene rings is 2. The van der Waals surface area contributed by atoms with E-state index in [1.54, 1.807) is 12.1 Å². The second kappa shape index (κ2) is 8.09. The average molecular weight is 427 g/mol. The molecule has 0 saturated carbocycles. The molecule has 0 aliphatic carbocycles. The third-order valence-electron chi connectivity index (χ3n) is 5.10. The smallest absolute Gasteiger partial charge is 0.244 e. The van der Waals surface area contributed by atoms with Crippen molar-refractivity contribution in [3.05, 3.63) is 70.9 Å². The van der Waals surface area contributed by atoms with Gasteiger partial charge in [0.15, 0.2) is 0 Å². The molecule has 1 aliphatic rings. The normalized spacial score (nSPS) is 16.0. The summed E-state index contributed by atoms with van der Waals surface area (Å²) in [5.41, 5.74) is 1.95. The van der Waals surface area contributed by atoms with E-state index in [1.165, 1.54) is 16.4 Å². The lowest BCUT2D eigenvalue weighted by molar-refractivity contribution is 0.181. The van der Waals surface area contributed by atoms with E-state index in [2.05, 4.69) is 9.88 Å². The minimum atomic E-state index is -3.69. The molecule has 1 aromatic heterocycles. The minimum absolute atomic E-state index is 0.0673. The zero-order valence-corrected chi connectivity index (χ0v) is 17.2. The Morgan fingerprint density at radius 2 is 1.72 bits per heavy atom. The lowest BCUT2D eigenvalue weighted by Crippen LogP contribution is -2.48. The van der Waals surface area contributed by atoms with Crippen LogP contribution in [-0.2, 0) is 16.6 Å². The molecule has 2 aromatic carbocycles. The van der Waals surface area contributed by atoms with E-state index in [0.29, 0.717) is 37.9 Å². The molecule has 0 N–H and O–H groups in total. The number of para-hydroxylation sites is 1. The lowest BCUT2D eigenvalue weighted by atomic mass is 10.1. The fraction of sp³-hybridized carbons (Fsp3) is 0.238. The maximum atomic E-state index is 13.0. The minimum Gasteiger partial charge on any atom is -0.296 e. The molecule has 8 heteroatoms. The zero-order valence-electron chi connectivity index (χ0n) is 15.6. The Hall–Kier alpha value is -2.50. The van der Waals surface area contributed by atoms with Gasteiger partial charge in [-0.15, -0.1) is 0 Å². The molecule has 148 valence electrons. The molecule has 1 aliphatic heterocycles. The van der Waals surface area contributed by atoms with Crippen LogP contribution in [0.15, 0.2) is 59.5 Å². The van der Waals surface area contributed by atoms with Crippen LogP contribution in [0.1, 0.15) is 11.1 Å². The topological polar surface area (TPSA) is 77.3 Å². The highest BCUT2D eigenvalue weighted by Gasteiger charge is 2.30. The van der Waals surface area contributed by atoms with Gasteiger partial charge in [0.1, 0.15) is 11.2 Å². The van der Waals surface area contributed by atoms with Gasteiger partial charge in [-0.1, -0.05) is 41.9 Å². The summed E-state index contributed by atoms with van der Waals surface area (Å²) in [6.07, 6.45) is 0. The average Bonchev–Trinajstić information content (AvgIpc) is 2.74. The van der Waals surface area contributed by atoms with Crippen molar-refractivity contribution in [2.75, 3.05) is 26.2 Å². The highest BCUT2D eigenvalue weighted by atomic mass is 35.5. The van der Waals surface area contributed by atoms with Crippen molar-refractivity contribution < 1.29 is 8.42 Å². The quantitative estimate of drug-likeness (QED) is 0.598. The van der Waals surface area contributed by atoms with Crippen LogP contribution in [0, 0.1) is 11.3 Å². The number of piperazine rings is 1. The van der Waals surface area contributed by atoms with Crippen LogP contribution in [0.25, 0.3) is 10.9 Å². The first kappa shape index (κ1) is 19.8. The third kappa shape index (κ3) is 3.98. The SMILES string of the molecule is N#Cc1ccccc1S(=O)(=O)N1CCN(Cc2cc3ccccc3nc2Cl)CC1. The number of aromatic nitrogens is 1. The van der Waals surface area contributed by atoms with Crippen molar-refractivity contribution in [1.29, 1.82) is 5.26 Å². The summed E-state index contributed by atoms with van der Waals surface area (Å²) in [5, 5.41) is 10.7. The lowest BCUT2D eigenvalue weighted by Gasteiger charge is -2.34. The number of fused-ring (bicyclic) bond motifs is 1. The van der Waals surface area contributed by atoms with Crippen LogP contribution in [0.3, 0.4) is 0 Å². The van der Waals surface area contributed by atoms with Crippen LogP contribution in [0.5, 0.6) is 0 Å². The fourth-order valence-corrected chi connectivity index (χ4v) is 5.31. The van der Waals surface area contributed by atoms with Gasteiger partial charge in [0.05, 0.1) is 16.0 Å². The van der Waals surface area contributed by atoms with Gasteiger partial charge >= 0.3 is 0 Å². The van der Waals surface area contributed by atoms with E-state index in [1.807, 2.05) is 36.4 Å². The van der Waals surface area contributed by atoms with Crippen molar-refractivity contribution in [2.45, 2.75) is 11.4 Å². The molecule has 0 amide bonds. The number of halogens is 1. The molecule has 29 heavy (non-hydrogen) atoms. The van der Waals surface area contributed by atoms with Gasteiger partial charge in [0, 0.05) is 43.7 Å². The fourth-order valence-electron chi connectivity index (χ4n) is 3.54. The summed E-state index contributed by atoms with van der Waals surface area (Å²) in [6.45, 7) is 2.50. The Labute approximate surface area is 175 Å². The first-order valence-electron chi connectivity index (χ1n) is 9.25. The molecule has 0 spiro atoms. The molecule has 2 heterocycles. The monoisotopic (exact) mass is 426 g/mol. The predicted octanol–water partition coefficient (Wildman–Crippen LogP) is 3.27. The van der Waals surface area contributed by atoms with Gasteiger partial charge in [-0.25, -0.2) is 13.4 Å². The standard InChI is InChI=1S/C21H19ClN4O2S/c22-21-18(13-16-5-1-3-7-19(16)24-21)15-25-9-11-26(12-10-25)29(27,28)20-8-4-2-6-17(20)14-23/h1-8,13H,9-12,15H2. The Balaban J connectivity index is 1.47. The summed E-state index contributed by atoms with van der Waals surface area (Å²) < 4.78 is 27.4. The first-order chi connectivity index (χ1) is 14.0. The van der Waals surface area contributed by atoms with Gasteiger partial charge in [0.2, 0.25) is 10.0 Å². The van der Waals surface area contributed by atoms with Gasteiger partial charge in [0.25, 0.3) is 0 Å². The molecular formula is C21H19ClN4O2S. The summed E-state index contributed by atoms with van der Waals surface area (Å²) in [5.74, 6) is 0. The summed E-state index contributed by atoms with van der Waals surface area (Å²) in [7, 11) is -3.69. The van der Waals surface area contributed by atoms with Crippen LogP contribution in [-0.4, -0.2) is 48.8 Å². The maximum absolute atomic E-state index is 13.0. The Kier molecular flexibility index (Phi) is 5.52. The molecule has 0 unspecified atom stereocenters. The van der Waals surface area contributed by atoms with E-state index in [4.69, 9.17) is 11.6 Å². The second-order valence-electron chi connectivity index (χ2n) is 6.92. The van der Waals surface area contributed by atoms with Gasteiger partial charge in [-0.05, 0) is 24.3 Å². The van der Waals surface area contributed by atoms with Crippen molar-refractivity contribution in [1.82, 2.24) is 14.2 Å². The molecule has 0 atom stereocenters. The van der Waals surface area contributed by atoms with Crippen molar-refractivity contribution in [2.24, 2.45) is 0 Å². The van der Waals surface area contributed by atoms with E-state index >= 15 is 0 Å². The number of nitriles is 1. The van der Waals surface area contributed by atoms with Crippen molar-refractivity contribution in [3.8, 4) is 6.07 Å². The number of pyridine rings is 1. The van der Waals surface area contributed by atoms with Crippen LogP contribution in [0.4, 0.5) is 0 Å². The molecule has 6 nitrogen and oxygen atoms in total. The Bertz CT molecular complexity index is 1200. The number of hydrogen-bond acceptors (Lipinski definition) is 5. The zero-order chi connectivity index (χ0) is 20.4. The molecule has 4 rings (SSSR count). The number of nitrogens with zero attached hydrogens (tertiary/aromatic N) is 4. The highest BCUT2D eigenvalue weighted by Crippen LogP contribution is 2.24. The number of rotatable bonds is 4. The first-order valence-corrected chi connectivity index (χ1v) is 11.1. The van der Waals surface area contributed by atoms with Gasteiger partial charge in [-0.3, -0.25) is 4.90 Å². The highest BCUT2D eigenvalue weighted by molar-refractivity contribution is 7.89. The predicted molar refractivity (Wildman–Crippen MR) is 112 cm³/mol. The number of hydrogen-bond donors (Lipinski definition) is 0. The van der Waals surface area contributed by atoms with Crippen LogP contribution in [0.2, 0.25) is 5.15 Å². The number of sulfonamides is 1. The van der Waals surface area contributed by atoms with E-state index in [0.717, 1.165) is 16.5 Å². The summed E-state index contributed by atoms with van der Waals surface area (Å²) >= 11 is 6.36. The molecule has 1 fully saturated rings. The van der Waals surface area contributed by atoms with Crippen molar-refractivity contribution >= 4 is 32.5 Å². The van der Waals surface area contributed by atoms with Crippen LogP contribution < -0.4 is 0 Å². The molecule has 3 aromatic rings. The molecule has 0 bridgehead atoms. The Morgan fingerprint density at radius 3 is 2.48 bits per heavy atom. The van der Waals surface area contributed by atoms with Crippen LogP contribution >= 0.6 is 11.6 Å². The van der Waals surface area contributed by atoms with Gasteiger partial charge in [-0.2, -0.15) is 9.57 Å². The molecule has 1 saturated heterocycles. The molecular weight excluding hydrogens is 408 g/mol. The maximum Gasteiger partial charge on any atom is 0.244 e.